The van der Waals surface area contributed by atoms with Crippen LogP contribution in [0.1, 0.15) is 12.0 Å². The predicted molar refractivity (Wildman–Crippen MR) is 62.1 cm³/mol. The second-order valence-electron chi connectivity index (χ2n) is 4.20. The van der Waals surface area contributed by atoms with Crippen molar-refractivity contribution in [1.82, 2.24) is 0 Å². The second-order valence-corrected chi connectivity index (χ2v) is 4.20. The Morgan fingerprint density at radius 3 is 2.53 bits per heavy atom. The van der Waals surface area contributed by atoms with Gasteiger partial charge in [-0.05, 0) is 24.6 Å². The SMILES string of the molecule is N#Cc1cc(F)ccc1N1CC=C(C(F)(F)F)CC1. The van der Waals surface area contributed by atoms with E-state index in [-0.39, 0.29) is 25.1 Å². The summed E-state index contributed by atoms with van der Waals surface area (Å²) in [6.45, 7) is 0.223. The Morgan fingerprint density at radius 2 is 2.00 bits per heavy atom. The highest BCUT2D eigenvalue weighted by Crippen LogP contribution is 2.32. The van der Waals surface area contributed by atoms with Crippen molar-refractivity contribution in [3.05, 3.63) is 41.2 Å². The maximum absolute atomic E-state index is 13.0. The maximum Gasteiger partial charge on any atom is 0.412 e. The van der Waals surface area contributed by atoms with Gasteiger partial charge in [0.25, 0.3) is 0 Å². The van der Waals surface area contributed by atoms with Crippen molar-refractivity contribution in [3.63, 3.8) is 0 Å². The molecule has 0 saturated heterocycles. The van der Waals surface area contributed by atoms with E-state index in [0.717, 1.165) is 12.1 Å². The predicted octanol–water partition coefficient (Wildman–Crippen LogP) is 3.40. The fourth-order valence-corrected chi connectivity index (χ4v) is 2.02. The first-order valence-electron chi connectivity index (χ1n) is 5.62. The summed E-state index contributed by atoms with van der Waals surface area (Å²) in [7, 11) is 0. The number of hydrogen-bond acceptors (Lipinski definition) is 2. The molecule has 0 amide bonds. The van der Waals surface area contributed by atoms with Crippen molar-refractivity contribution >= 4 is 5.69 Å². The molecular weight excluding hydrogens is 260 g/mol. The first-order valence-corrected chi connectivity index (χ1v) is 5.62. The van der Waals surface area contributed by atoms with Crippen molar-refractivity contribution in [3.8, 4) is 6.07 Å². The molecule has 0 aromatic heterocycles. The molecule has 100 valence electrons. The van der Waals surface area contributed by atoms with Gasteiger partial charge < -0.3 is 4.90 Å². The van der Waals surface area contributed by atoms with Crippen LogP contribution in [0.2, 0.25) is 0 Å². The van der Waals surface area contributed by atoms with Crippen molar-refractivity contribution in [1.29, 1.82) is 5.26 Å². The fourth-order valence-electron chi connectivity index (χ4n) is 2.02. The van der Waals surface area contributed by atoms with Crippen molar-refractivity contribution < 1.29 is 17.6 Å². The molecule has 2 rings (SSSR count). The largest absolute Gasteiger partial charge is 0.412 e. The Bertz CT molecular complexity index is 555. The van der Waals surface area contributed by atoms with E-state index >= 15 is 0 Å². The Balaban J connectivity index is 2.23. The minimum absolute atomic E-state index is 0.0646. The summed E-state index contributed by atoms with van der Waals surface area (Å²) in [6, 6.07) is 5.54. The maximum atomic E-state index is 13.0. The van der Waals surface area contributed by atoms with E-state index in [9.17, 15) is 17.6 Å². The van der Waals surface area contributed by atoms with E-state index in [1.165, 1.54) is 12.1 Å². The van der Waals surface area contributed by atoms with Crippen LogP contribution in [0.15, 0.2) is 29.8 Å². The van der Waals surface area contributed by atoms with Crippen LogP contribution in [0.5, 0.6) is 0 Å². The molecule has 0 aliphatic carbocycles. The van der Waals surface area contributed by atoms with Gasteiger partial charge in [-0.25, -0.2) is 4.39 Å². The number of nitriles is 1. The van der Waals surface area contributed by atoms with Crippen LogP contribution in [0.25, 0.3) is 0 Å². The molecule has 1 aliphatic rings. The second kappa shape index (κ2) is 4.92. The van der Waals surface area contributed by atoms with E-state index in [1.54, 1.807) is 4.90 Å². The number of anilines is 1. The third-order valence-corrected chi connectivity index (χ3v) is 2.99. The molecule has 19 heavy (non-hydrogen) atoms. The van der Waals surface area contributed by atoms with Crippen LogP contribution < -0.4 is 4.90 Å². The fraction of sp³-hybridized carbons (Fsp3) is 0.308. The lowest BCUT2D eigenvalue weighted by Crippen LogP contribution is -2.32. The van der Waals surface area contributed by atoms with Crippen LogP contribution in [0.3, 0.4) is 0 Å². The van der Waals surface area contributed by atoms with E-state index in [1.807, 2.05) is 6.07 Å². The number of nitrogens with zero attached hydrogens (tertiary/aromatic N) is 2. The molecule has 0 N–H and O–H groups in total. The average molecular weight is 270 g/mol. The Kier molecular flexibility index (Phi) is 3.47. The summed E-state index contributed by atoms with van der Waals surface area (Å²) in [5.41, 5.74) is 0.0367. The van der Waals surface area contributed by atoms with Gasteiger partial charge in [0.15, 0.2) is 0 Å². The minimum Gasteiger partial charge on any atom is -0.366 e. The zero-order valence-electron chi connectivity index (χ0n) is 9.84. The summed E-state index contributed by atoms with van der Waals surface area (Å²) in [5, 5.41) is 8.92. The van der Waals surface area contributed by atoms with Crippen molar-refractivity contribution in [2.24, 2.45) is 0 Å². The third-order valence-electron chi connectivity index (χ3n) is 2.99. The summed E-state index contributed by atoms with van der Waals surface area (Å²) in [5.74, 6) is -0.538. The molecule has 0 atom stereocenters. The van der Waals surface area contributed by atoms with E-state index in [2.05, 4.69) is 0 Å². The van der Waals surface area contributed by atoms with Gasteiger partial charge in [0.1, 0.15) is 11.9 Å². The van der Waals surface area contributed by atoms with Crippen LogP contribution >= 0.6 is 0 Å². The molecule has 0 saturated carbocycles. The Labute approximate surface area is 107 Å². The van der Waals surface area contributed by atoms with Crippen molar-refractivity contribution in [2.75, 3.05) is 18.0 Å². The molecule has 1 aromatic carbocycles. The van der Waals surface area contributed by atoms with Gasteiger partial charge in [-0.1, -0.05) is 6.08 Å². The van der Waals surface area contributed by atoms with Crippen LogP contribution in [0, 0.1) is 17.1 Å². The molecule has 0 radical (unpaired) electrons. The van der Waals surface area contributed by atoms with Gasteiger partial charge in [-0.15, -0.1) is 0 Å². The average Bonchev–Trinajstić information content (AvgIpc) is 2.37. The highest BCUT2D eigenvalue weighted by molar-refractivity contribution is 5.60. The number of hydrogen-bond donors (Lipinski definition) is 0. The van der Waals surface area contributed by atoms with Crippen LogP contribution in [-0.4, -0.2) is 19.3 Å². The Hall–Kier alpha value is -2.03. The zero-order valence-corrected chi connectivity index (χ0v) is 9.84. The minimum atomic E-state index is -4.30. The highest BCUT2D eigenvalue weighted by Gasteiger charge is 2.34. The number of halogens is 4. The van der Waals surface area contributed by atoms with Gasteiger partial charge in [-0.3, -0.25) is 0 Å². The van der Waals surface area contributed by atoms with Gasteiger partial charge >= 0.3 is 6.18 Å². The molecule has 1 aliphatic heterocycles. The molecule has 0 bridgehead atoms. The number of benzene rings is 1. The standard InChI is InChI=1S/C13H10F4N2/c14-11-1-2-12(9(7-11)8-18)19-5-3-10(4-6-19)13(15,16)17/h1-3,7H,4-6H2. The molecule has 0 fully saturated rings. The smallest absolute Gasteiger partial charge is 0.366 e. The van der Waals surface area contributed by atoms with Crippen LogP contribution in [-0.2, 0) is 0 Å². The van der Waals surface area contributed by atoms with Gasteiger partial charge in [0.05, 0.1) is 11.3 Å². The highest BCUT2D eigenvalue weighted by atomic mass is 19.4. The number of alkyl halides is 3. The molecule has 1 heterocycles. The molecule has 6 heteroatoms. The zero-order chi connectivity index (χ0) is 14.0. The number of rotatable bonds is 1. The molecule has 1 aromatic rings. The molecule has 0 unspecified atom stereocenters. The van der Waals surface area contributed by atoms with E-state index < -0.39 is 17.6 Å². The monoisotopic (exact) mass is 270 g/mol. The molecule has 0 spiro atoms. The van der Waals surface area contributed by atoms with E-state index in [4.69, 9.17) is 5.26 Å². The summed E-state index contributed by atoms with van der Waals surface area (Å²) in [6.07, 6.45) is -3.33. The van der Waals surface area contributed by atoms with Gasteiger partial charge in [0.2, 0.25) is 0 Å². The topological polar surface area (TPSA) is 27.0 Å². The van der Waals surface area contributed by atoms with Gasteiger partial charge in [-0.2, -0.15) is 18.4 Å². The molecular formula is C13H10F4N2. The lowest BCUT2D eigenvalue weighted by molar-refractivity contribution is -0.0943. The first-order chi connectivity index (χ1) is 8.91. The Morgan fingerprint density at radius 1 is 1.26 bits per heavy atom. The van der Waals surface area contributed by atoms with Gasteiger partial charge in [0, 0.05) is 18.7 Å². The lowest BCUT2D eigenvalue weighted by atomic mass is 10.1. The quantitative estimate of drug-likeness (QED) is 0.577. The summed E-state index contributed by atoms with van der Waals surface area (Å²) < 4.78 is 50.4. The third kappa shape index (κ3) is 2.87. The first kappa shape index (κ1) is 13.4. The van der Waals surface area contributed by atoms with Crippen molar-refractivity contribution in [2.45, 2.75) is 12.6 Å². The normalized spacial score (nSPS) is 15.9. The van der Waals surface area contributed by atoms with Crippen LogP contribution in [0.4, 0.5) is 23.2 Å². The summed E-state index contributed by atoms with van der Waals surface area (Å²) in [4.78, 5) is 1.63. The summed E-state index contributed by atoms with van der Waals surface area (Å²) >= 11 is 0. The van der Waals surface area contributed by atoms with E-state index in [0.29, 0.717) is 5.69 Å². The lowest BCUT2D eigenvalue weighted by Gasteiger charge is -2.29. The molecule has 2 nitrogen and oxygen atoms in total.